The molecule has 0 radical (unpaired) electrons. The lowest BCUT2D eigenvalue weighted by Crippen LogP contribution is -3.10. The van der Waals surface area contributed by atoms with Crippen LogP contribution in [-0.2, 0) is 0 Å². The van der Waals surface area contributed by atoms with E-state index in [1.807, 2.05) is 12.4 Å². The number of aromatic nitrogens is 1. The first-order valence-electron chi connectivity index (χ1n) is 6.51. The Bertz CT molecular complexity index is 583. The second kappa shape index (κ2) is 6.47. The number of halogens is 1. The van der Waals surface area contributed by atoms with Crippen LogP contribution >= 0.6 is 0 Å². The van der Waals surface area contributed by atoms with E-state index >= 15 is 0 Å². The lowest BCUT2D eigenvalue weighted by Gasteiger charge is -2.23. The number of pyridine rings is 1. The highest BCUT2D eigenvalue weighted by Crippen LogP contribution is 2.25. The predicted octanol–water partition coefficient (Wildman–Crippen LogP) is -1.46. The van der Waals surface area contributed by atoms with Gasteiger partial charge in [-0.05, 0) is 17.7 Å². The summed E-state index contributed by atoms with van der Waals surface area (Å²) in [7, 11) is 4.33. The summed E-state index contributed by atoms with van der Waals surface area (Å²) in [5.41, 5.74) is 3.87. The molecule has 0 spiro atoms. The predicted molar refractivity (Wildman–Crippen MR) is 76.0 cm³/mol. The van der Waals surface area contributed by atoms with E-state index in [1.165, 1.54) is 21.8 Å². The number of rotatable bonds is 2. The van der Waals surface area contributed by atoms with Gasteiger partial charge in [-0.1, -0.05) is 30.3 Å². The summed E-state index contributed by atoms with van der Waals surface area (Å²) in [6, 6.07) is 15.1. The SMILES string of the molecule is CN1C(c2ccccc2)C=C(c2ccncc2)[NH+]1C.[I-]. The maximum Gasteiger partial charge on any atom is 0.155 e. The minimum atomic E-state index is 0. The molecule has 0 saturated heterocycles. The van der Waals surface area contributed by atoms with Gasteiger partial charge in [0.25, 0.3) is 0 Å². The summed E-state index contributed by atoms with van der Waals surface area (Å²) < 4.78 is 0. The van der Waals surface area contributed by atoms with Crippen molar-refractivity contribution in [2.45, 2.75) is 6.04 Å². The summed E-state index contributed by atoms with van der Waals surface area (Å²) in [6.07, 6.45) is 6.03. The summed E-state index contributed by atoms with van der Waals surface area (Å²) in [5, 5.41) is 3.63. The number of nitrogens with one attached hydrogen (secondary N) is 1. The highest BCUT2D eigenvalue weighted by atomic mass is 127. The van der Waals surface area contributed by atoms with Crippen LogP contribution in [0.4, 0.5) is 0 Å². The van der Waals surface area contributed by atoms with Crippen molar-refractivity contribution >= 4 is 5.70 Å². The van der Waals surface area contributed by atoms with Gasteiger partial charge in [-0.25, -0.2) is 5.01 Å². The summed E-state index contributed by atoms with van der Waals surface area (Å²) in [6.45, 7) is 0. The number of nitrogens with zero attached hydrogens (tertiary/aromatic N) is 2. The number of hydrogen-bond donors (Lipinski definition) is 1. The van der Waals surface area contributed by atoms with E-state index in [4.69, 9.17) is 0 Å². The van der Waals surface area contributed by atoms with Gasteiger partial charge in [0.15, 0.2) is 5.70 Å². The van der Waals surface area contributed by atoms with Crippen LogP contribution < -0.4 is 29.0 Å². The molecule has 3 rings (SSSR count). The van der Waals surface area contributed by atoms with Gasteiger partial charge < -0.3 is 24.0 Å². The van der Waals surface area contributed by atoms with Crippen LogP contribution in [0.1, 0.15) is 17.2 Å². The number of likely N-dealkylation sites (N-methyl/N-ethyl adjacent to an activating group) is 1. The Hall–Kier alpha value is -1.24. The smallest absolute Gasteiger partial charge is 0.155 e. The van der Waals surface area contributed by atoms with Crippen molar-refractivity contribution < 1.29 is 29.0 Å². The molecule has 1 aromatic heterocycles. The van der Waals surface area contributed by atoms with Crippen LogP contribution in [0.2, 0.25) is 0 Å². The fourth-order valence-electron chi connectivity index (χ4n) is 2.60. The summed E-state index contributed by atoms with van der Waals surface area (Å²) in [4.78, 5) is 4.09. The van der Waals surface area contributed by atoms with Gasteiger partial charge in [-0.3, -0.25) is 4.98 Å². The Morgan fingerprint density at radius 1 is 1.05 bits per heavy atom. The second-order valence-electron chi connectivity index (χ2n) is 4.87. The molecule has 104 valence electrons. The van der Waals surface area contributed by atoms with E-state index in [-0.39, 0.29) is 24.0 Å². The van der Waals surface area contributed by atoms with Gasteiger partial charge in [-0.2, -0.15) is 0 Å². The Morgan fingerprint density at radius 3 is 2.35 bits per heavy atom. The van der Waals surface area contributed by atoms with Gasteiger partial charge >= 0.3 is 0 Å². The van der Waals surface area contributed by atoms with Gasteiger partial charge in [0.1, 0.15) is 6.04 Å². The molecule has 2 unspecified atom stereocenters. The van der Waals surface area contributed by atoms with Gasteiger partial charge in [0.05, 0.1) is 7.05 Å². The van der Waals surface area contributed by atoms with E-state index in [0.717, 1.165) is 0 Å². The van der Waals surface area contributed by atoms with E-state index in [0.29, 0.717) is 6.04 Å². The molecule has 2 heterocycles. The summed E-state index contributed by atoms with van der Waals surface area (Å²) in [5.74, 6) is 0. The van der Waals surface area contributed by atoms with Crippen molar-refractivity contribution in [3.05, 3.63) is 72.1 Å². The second-order valence-corrected chi connectivity index (χ2v) is 4.87. The van der Waals surface area contributed by atoms with Crippen LogP contribution in [0, 0.1) is 0 Å². The molecule has 0 aliphatic carbocycles. The standard InChI is InChI=1S/C16H17N3.HI/c1-18-15(13-6-4-3-5-7-13)12-16(19(18)2)14-8-10-17-11-9-14;/h3-12,15H,1-2H3;1H. The van der Waals surface area contributed by atoms with Gasteiger partial charge in [0, 0.05) is 31.1 Å². The Labute approximate surface area is 136 Å². The third kappa shape index (κ3) is 2.77. The molecule has 20 heavy (non-hydrogen) atoms. The molecule has 2 aromatic rings. The van der Waals surface area contributed by atoms with Gasteiger partial charge in [-0.15, -0.1) is 5.01 Å². The molecular weight excluding hydrogens is 361 g/mol. The van der Waals surface area contributed by atoms with E-state index < -0.39 is 0 Å². The zero-order valence-electron chi connectivity index (χ0n) is 11.6. The monoisotopic (exact) mass is 379 g/mol. The minimum Gasteiger partial charge on any atom is -1.00 e. The molecule has 0 bridgehead atoms. The van der Waals surface area contributed by atoms with Crippen LogP contribution in [0.3, 0.4) is 0 Å². The first-order valence-corrected chi connectivity index (χ1v) is 6.51. The lowest BCUT2D eigenvalue weighted by molar-refractivity contribution is -0.928. The maximum atomic E-state index is 4.09. The van der Waals surface area contributed by atoms with Crippen molar-refractivity contribution in [2.75, 3.05) is 14.1 Å². The largest absolute Gasteiger partial charge is 1.00 e. The first kappa shape index (κ1) is 15.2. The number of benzene rings is 1. The fourth-order valence-corrected chi connectivity index (χ4v) is 2.60. The Balaban J connectivity index is 0.00000147. The van der Waals surface area contributed by atoms with Crippen molar-refractivity contribution in [1.82, 2.24) is 9.99 Å². The first-order chi connectivity index (χ1) is 9.27. The van der Waals surface area contributed by atoms with Crippen molar-refractivity contribution in [1.29, 1.82) is 0 Å². The Morgan fingerprint density at radius 2 is 1.70 bits per heavy atom. The molecular formula is C16H18IN3. The third-order valence-corrected chi connectivity index (χ3v) is 3.79. The number of quaternary nitrogens is 1. The molecule has 1 N–H and O–H groups in total. The van der Waals surface area contributed by atoms with E-state index in [2.05, 4.69) is 72.6 Å². The quantitative estimate of drug-likeness (QED) is 0.645. The molecule has 1 aliphatic rings. The van der Waals surface area contributed by atoms with Crippen LogP contribution in [0.5, 0.6) is 0 Å². The normalized spacial score (nSPS) is 22.2. The van der Waals surface area contributed by atoms with Crippen LogP contribution in [0.25, 0.3) is 5.70 Å². The molecule has 1 aromatic carbocycles. The summed E-state index contributed by atoms with van der Waals surface area (Å²) >= 11 is 0. The average molecular weight is 379 g/mol. The molecule has 3 nitrogen and oxygen atoms in total. The highest BCUT2D eigenvalue weighted by molar-refractivity contribution is 5.59. The fraction of sp³-hybridized carbons (Fsp3) is 0.188. The molecule has 2 atom stereocenters. The molecule has 0 fully saturated rings. The maximum absolute atomic E-state index is 4.09. The topological polar surface area (TPSA) is 20.6 Å². The average Bonchev–Trinajstić information content (AvgIpc) is 2.77. The zero-order chi connectivity index (χ0) is 13.2. The van der Waals surface area contributed by atoms with E-state index in [9.17, 15) is 0 Å². The highest BCUT2D eigenvalue weighted by Gasteiger charge is 2.33. The third-order valence-electron chi connectivity index (χ3n) is 3.79. The number of hydrogen-bond acceptors (Lipinski definition) is 2. The molecule has 4 heteroatoms. The lowest BCUT2D eigenvalue weighted by atomic mass is 10.1. The Kier molecular flexibility index (Phi) is 4.91. The van der Waals surface area contributed by atoms with E-state index in [1.54, 1.807) is 0 Å². The van der Waals surface area contributed by atoms with Crippen LogP contribution in [-0.4, -0.2) is 24.1 Å². The zero-order valence-corrected chi connectivity index (χ0v) is 13.8. The molecule has 1 aliphatic heterocycles. The van der Waals surface area contributed by atoms with Crippen molar-refractivity contribution in [3.8, 4) is 0 Å². The van der Waals surface area contributed by atoms with Crippen LogP contribution in [0.15, 0.2) is 60.9 Å². The van der Waals surface area contributed by atoms with Gasteiger partial charge in [0.2, 0.25) is 0 Å². The van der Waals surface area contributed by atoms with Crippen molar-refractivity contribution in [2.24, 2.45) is 0 Å². The molecule has 0 saturated carbocycles. The van der Waals surface area contributed by atoms with Crippen molar-refractivity contribution in [3.63, 3.8) is 0 Å². The minimum absolute atomic E-state index is 0. The molecule has 0 amide bonds.